The van der Waals surface area contributed by atoms with E-state index in [0.717, 1.165) is 23.5 Å². The highest BCUT2D eigenvalue weighted by molar-refractivity contribution is 7.80. The van der Waals surface area contributed by atoms with E-state index in [-0.39, 0.29) is 5.82 Å². The predicted octanol–water partition coefficient (Wildman–Crippen LogP) is 3.62. The molecular weight excluding hydrogens is 259 g/mol. The summed E-state index contributed by atoms with van der Waals surface area (Å²) in [4.78, 5) is 2.47. The van der Waals surface area contributed by atoms with Gasteiger partial charge in [0.25, 0.3) is 0 Å². The molecule has 0 bridgehead atoms. The number of thiocarbonyl (C=S) groups is 1. The maximum atomic E-state index is 13.0. The van der Waals surface area contributed by atoms with Crippen molar-refractivity contribution >= 4 is 28.6 Å². The minimum atomic E-state index is -0.233. The van der Waals surface area contributed by atoms with Crippen molar-refractivity contribution in [2.45, 2.75) is 6.92 Å². The first-order valence-corrected chi connectivity index (χ1v) is 6.45. The number of nitrogens with two attached hydrogens (primary N) is 1. The van der Waals surface area contributed by atoms with E-state index in [1.54, 1.807) is 12.1 Å². The van der Waals surface area contributed by atoms with E-state index >= 15 is 0 Å². The third kappa shape index (κ3) is 3.09. The summed E-state index contributed by atoms with van der Waals surface area (Å²) in [5.74, 6) is -0.233. The molecule has 2 rings (SSSR count). The van der Waals surface area contributed by atoms with Gasteiger partial charge in [-0.05, 0) is 55.5 Å². The van der Waals surface area contributed by atoms with E-state index < -0.39 is 0 Å². The van der Waals surface area contributed by atoms with E-state index in [4.69, 9.17) is 18.0 Å². The van der Waals surface area contributed by atoms with Crippen LogP contribution >= 0.6 is 12.2 Å². The summed E-state index contributed by atoms with van der Waals surface area (Å²) in [5.41, 5.74) is 8.39. The second-order valence-electron chi connectivity index (χ2n) is 4.13. The van der Waals surface area contributed by atoms with E-state index in [2.05, 4.69) is 4.90 Å². The summed E-state index contributed by atoms with van der Waals surface area (Å²) in [5, 5.41) is 0. The molecule has 0 aromatic heterocycles. The Hall–Kier alpha value is -1.94. The van der Waals surface area contributed by atoms with Gasteiger partial charge in [0.05, 0.1) is 0 Å². The second-order valence-corrected chi connectivity index (χ2v) is 4.57. The molecule has 98 valence electrons. The first kappa shape index (κ1) is 13.5. The zero-order chi connectivity index (χ0) is 13.8. The molecule has 0 spiro atoms. The average molecular weight is 274 g/mol. The van der Waals surface area contributed by atoms with Gasteiger partial charge in [-0.2, -0.15) is 0 Å². The maximum Gasteiger partial charge on any atom is 0.123 e. The number of anilines is 2. The van der Waals surface area contributed by atoms with Gasteiger partial charge in [-0.3, -0.25) is 0 Å². The summed E-state index contributed by atoms with van der Waals surface area (Å²) >= 11 is 4.93. The van der Waals surface area contributed by atoms with E-state index in [9.17, 15) is 4.39 Å². The number of nitrogens with zero attached hydrogens (tertiary/aromatic N) is 1. The van der Waals surface area contributed by atoms with Crippen molar-refractivity contribution in [3.05, 3.63) is 59.9 Å². The molecule has 0 heterocycles. The fourth-order valence-corrected chi connectivity index (χ4v) is 2.08. The zero-order valence-corrected chi connectivity index (χ0v) is 11.5. The summed E-state index contributed by atoms with van der Waals surface area (Å²) in [6.45, 7) is 2.84. The van der Waals surface area contributed by atoms with Crippen LogP contribution in [0.3, 0.4) is 0 Å². The predicted molar refractivity (Wildman–Crippen MR) is 81.4 cm³/mol. The number of hydrogen-bond acceptors (Lipinski definition) is 2. The molecule has 0 atom stereocenters. The lowest BCUT2D eigenvalue weighted by molar-refractivity contribution is 0.628. The summed E-state index contributed by atoms with van der Waals surface area (Å²) in [6.07, 6.45) is 0. The molecule has 0 aliphatic carbocycles. The van der Waals surface area contributed by atoms with E-state index in [1.807, 2.05) is 31.2 Å². The highest BCUT2D eigenvalue weighted by Crippen LogP contribution is 2.25. The van der Waals surface area contributed by atoms with Gasteiger partial charge in [-0.15, -0.1) is 0 Å². The second kappa shape index (κ2) is 5.80. The molecular formula is C15H15FN2S. The van der Waals surface area contributed by atoms with Crippen LogP contribution in [0, 0.1) is 5.82 Å². The highest BCUT2D eigenvalue weighted by atomic mass is 32.1. The first-order valence-electron chi connectivity index (χ1n) is 6.05. The molecule has 0 amide bonds. The van der Waals surface area contributed by atoms with Crippen molar-refractivity contribution < 1.29 is 4.39 Å². The Labute approximate surface area is 117 Å². The Bertz CT molecular complexity index is 564. The van der Waals surface area contributed by atoms with Crippen LogP contribution < -0.4 is 10.6 Å². The largest absolute Gasteiger partial charge is 0.389 e. The molecule has 0 radical (unpaired) electrons. The Kier molecular flexibility index (Phi) is 4.12. The number of halogens is 1. The number of benzene rings is 2. The molecule has 19 heavy (non-hydrogen) atoms. The van der Waals surface area contributed by atoms with Crippen molar-refractivity contribution in [3.63, 3.8) is 0 Å². The van der Waals surface area contributed by atoms with Crippen molar-refractivity contribution in [2.75, 3.05) is 11.4 Å². The summed E-state index contributed by atoms with van der Waals surface area (Å²) < 4.78 is 13.0. The van der Waals surface area contributed by atoms with Gasteiger partial charge in [-0.1, -0.05) is 12.2 Å². The third-order valence-corrected chi connectivity index (χ3v) is 3.15. The van der Waals surface area contributed by atoms with Crippen LogP contribution in [0.15, 0.2) is 48.5 Å². The monoisotopic (exact) mass is 274 g/mol. The summed E-state index contributed by atoms with van der Waals surface area (Å²) in [7, 11) is 0. The Morgan fingerprint density at radius 1 is 1.05 bits per heavy atom. The first-order chi connectivity index (χ1) is 9.11. The topological polar surface area (TPSA) is 29.3 Å². The highest BCUT2D eigenvalue weighted by Gasteiger charge is 2.07. The minimum absolute atomic E-state index is 0.233. The fraction of sp³-hybridized carbons (Fsp3) is 0.133. The molecule has 2 N–H and O–H groups in total. The number of hydrogen-bond donors (Lipinski definition) is 1. The van der Waals surface area contributed by atoms with E-state index in [1.165, 1.54) is 12.1 Å². The maximum absolute atomic E-state index is 13.0. The Balaban J connectivity index is 2.31. The SMILES string of the molecule is CCN(c1ccc(F)cc1)c1ccc(C(N)=S)cc1. The van der Waals surface area contributed by atoms with Crippen molar-refractivity contribution in [2.24, 2.45) is 5.73 Å². The standard InChI is InChI=1S/C15H15FN2S/c1-2-18(14-9-5-12(16)6-10-14)13-7-3-11(4-8-13)15(17)19/h3-10H,2H2,1H3,(H2,17,19). The van der Waals surface area contributed by atoms with Gasteiger partial charge < -0.3 is 10.6 Å². The summed E-state index contributed by atoms with van der Waals surface area (Å²) in [6, 6.07) is 14.2. The lowest BCUT2D eigenvalue weighted by atomic mass is 10.1. The molecule has 2 aromatic rings. The molecule has 0 saturated heterocycles. The molecule has 0 aliphatic heterocycles. The van der Waals surface area contributed by atoms with Crippen molar-refractivity contribution in [1.29, 1.82) is 0 Å². The molecule has 2 aromatic carbocycles. The van der Waals surface area contributed by atoms with Crippen LogP contribution in [0.25, 0.3) is 0 Å². The van der Waals surface area contributed by atoms with Gasteiger partial charge in [-0.25, -0.2) is 4.39 Å². The van der Waals surface area contributed by atoms with Crippen LogP contribution in [0.4, 0.5) is 15.8 Å². The lowest BCUT2D eigenvalue weighted by Crippen LogP contribution is -2.16. The normalized spacial score (nSPS) is 10.2. The van der Waals surface area contributed by atoms with Gasteiger partial charge in [0.2, 0.25) is 0 Å². The van der Waals surface area contributed by atoms with Crippen LogP contribution in [0.1, 0.15) is 12.5 Å². The quantitative estimate of drug-likeness (QED) is 0.863. The van der Waals surface area contributed by atoms with Crippen LogP contribution in [0.5, 0.6) is 0 Å². The van der Waals surface area contributed by atoms with Crippen molar-refractivity contribution in [1.82, 2.24) is 0 Å². The third-order valence-electron chi connectivity index (χ3n) is 2.92. The van der Waals surface area contributed by atoms with E-state index in [0.29, 0.717) is 4.99 Å². The van der Waals surface area contributed by atoms with Crippen molar-refractivity contribution in [3.8, 4) is 0 Å². The van der Waals surface area contributed by atoms with Crippen LogP contribution in [-0.4, -0.2) is 11.5 Å². The van der Waals surface area contributed by atoms with Gasteiger partial charge in [0.1, 0.15) is 10.8 Å². The molecule has 2 nitrogen and oxygen atoms in total. The van der Waals surface area contributed by atoms with Crippen LogP contribution in [-0.2, 0) is 0 Å². The van der Waals surface area contributed by atoms with Crippen LogP contribution in [0.2, 0.25) is 0 Å². The molecule has 0 aliphatic rings. The fourth-order valence-electron chi connectivity index (χ4n) is 1.94. The van der Waals surface area contributed by atoms with Gasteiger partial charge >= 0.3 is 0 Å². The lowest BCUT2D eigenvalue weighted by Gasteiger charge is -2.23. The Morgan fingerprint density at radius 3 is 1.95 bits per heavy atom. The molecule has 0 saturated carbocycles. The molecule has 4 heteroatoms. The average Bonchev–Trinajstić information content (AvgIpc) is 2.42. The smallest absolute Gasteiger partial charge is 0.123 e. The minimum Gasteiger partial charge on any atom is -0.389 e. The molecule has 0 unspecified atom stereocenters. The molecule has 0 fully saturated rings. The zero-order valence-electron chi connectivity index (χ0n) is 10.6. The number of rotatable bonds is 4. The van der Waals surface area contributed by atoms with Gasteiger partial charge in [0.15, 0.2) is 0 Å². The van der Waals surface area contributed by atoms with Gasteiger partial charge in [0, 0.05) is 23.5 Å². The Morgan fingerprint density at radius 2 is 1.53 bits per heavy atom.